The van der Waals surface area contributed by atoms with E-state index in [-0.39, 0.29) is 5.91 Å². The molecule has 1 unspecified atom stereocenters. The van der Waals surface area contributed by atoms with Crippen LogP contribution in [0.4, 0.5) is 0 Å². The minimum absolute atomic E-state index is 0.274. The van der Waals surface area contributed by atoms with Crippen molar-refractivity contribution < 1.29 is 4.79 Å². The van der Waals surface area contributed by atoms with Crippen LogP contribution in [0.25, 0.3) is 0 Å². The lowest BCUT2D eigenvalue weighted by atomic mass is 9.85. The number of aryl methyl sites for hydroxylation is 1. The summed E-state index contributed by atoms with van der Waals surface area (Å²) in [5.41, 5.74) is 2.58. The van der Waals surface area contributed by atoms with Crippen molar-refractivity contribution in [3.8, 4) is 0 Å². The van der Waals surface area contributed by atoms with Crippen molar-refractivity contribution in [3.05, 3.63) is 71.8 Å². The highest BCUT2D eigenvalue weighted by Gasteiger charge is 2.31. The maximum absolute atomic E-state index is 12.9. The molecule has 2 aromatic carbocycles. The summed E-state index contributed by atoms with van der Waals surface area (Å²) in [4.78, 5) is 15.1. The second kappa shape index (κ2) is 10.3. The molecule has 0 radical (unpaired) electrons. The number of rotatable bonds is 8. The predicted molar refractivity (Wildman–Crippen MR) is 111 cm³/mol. The molecule has 0 saturated carbocycles. The van der Waals surface area contributed by atoms with E-state index in [4.69, 9.17) is 0 Å². The molecule has 1 heterocycles. The third kappa shape index (κ3) is 5.67. The summed E-state index contributed by atoms with van der Waals surface area (Å²) < 4.78 is 0. The lowest BCUT2D eigenvalue weighted by molar-refractivity contribution is -0.135. The fourth-order valence-corrected chi connectivity index (χ4v) is 4.21. The van der Waals surface area contributed by atoms with E-state index in [9.17, 15) is 4.79 Å². The van der Waals surface area contributed by atoms with Crippen LogP contribution < -0.4 is 5.32 Å². The van der Waals surface area contributed by atoms with E-state index in [1.54, 1.807) is 0 Å². The summed E-state index contributed by atoms with van der Waals surface area (Å²) in [5.74, 6) is 0.852. The van der Waals surface area contributed by atoms with Gasteiger partial charge in [0.15, 0.2) is 0 Å². The Hall–Kier alpha value is -2.13. The van der Waals surface area contributed by atoms with Crippen molar-refractivity contribution in [2.75, 3.05) is 13.1 Å². The molecular formula is C24H32N2O. The second-order valence-corrected chi connectivity index (χ2v) is 7.54. The number of nitrogens with zero attached hydrogens (tertiary/aromatic N) is 1. The fourth-order valence-electron chi connectivity index (χ4n) is 4.21. The van der Waals surface area contributed by atoms with Crippen LogP contribution in [0.3, 0.4) is 0 Å². The number of hydrogen-bond donors (Lipinski definition) is 1. The Morgan fingerprint density at radius 2 is 1.59 bits per heavy atom. The Balaban J connectivity index is 1.80. The number of carbonyl (C=O) groups is 1. The van der Waals surface area contributed by atoms with E-state index in [0.717, 1.165) is 45.3 Å². The minimum Gasteiger partial charge on any atom is -0.335 e. The van der Waals surface area contributed by atoms with E-state index in [1.807, 2.05) is 13.0 Å². The van der Waals surface area contributed by atoms with E-state index < -0.39 is 0 Å². The van der Waals surface area contributed by atoms with Crippen LogP contribution in [0.5, 0.6) is 0 Å². The first kappa shape index (κ1) is 19.6. The SMILES string of the molecule is CCC(=O)N(Cc1ccccc1)C(CCc1ccccc1)C1CCNCC1. The van der Waals surface area contributed by atoms with Crippen molar-refractivity contribution in [1.82, 2.24) is 10.2 Å². The molecule has 0 aromatic heterocycles. The van der Waals surface area contributed by atoms with Gasteiger partial charge in [-0.15, -0.1) is 0 Å². The first-order chi connectivity index (χ1) is 13.3. The number of carbonyl (C=O) groups excluding carboxylic acids is 1. The lowest BCUT2D eigenvalue weighted by Crippen LogP contribution is -2.47. The summed E-state index contributed by atoms with van der Waals surface area (Å²) in [6.45, 7) is 4.83. The molecule has 0 bridgehead atoms. The molecule has 3 rings (SSSR count). The molecule has 1 saturated heterocycles. The van der Waals surface area contributed by atoms with Gasteiger partial charge in [0.25, 0.3) is 0 Å². The predicted octanol–water partition coefficient (Wildman–Crippen LogP) is 4.43. The van der Waals surface area contributed by atoms with E-state index in [0.29, 0.717) is 18.4 Å². The molecule has 1 aliphatic heterocycles. The lowest BCUT2D eigenvalue weighted by Gasteiger charge is -2.39. The van der Waals surface area contributed by atoms with Crippen LogP contribution >= 0.6 is 0 Å². The summed E-state index contributed by atoms with van der Waals surface area (Å²) in [5, 5.41) is 3.47. The molecule has 2 aromatic rings. The number of nitrogens with one attached hydrogen (secondary N) is 1. The zero-order chi connectivity index (χ0) is 18.9. The fraction of sp³-hybridized carbons (Fsp3) is 0.458. The molecule has 1 atom stereocenters. The van der Waals surface area contributed by atoms with Crippen molar-refractivity contribution in [2.24, 2.45) is 5.92 Å². The van der Waals surface area contributed by atoms with E-state index >= 15 is 0 Å². The largest absolute Gasteiger partial charge is 0.335 e. The van der Waals surface area contributed by atoms with E-state index in [1.165, 1.54) is 11.1 Å². The molecule has 0 aliphatic carbocycles. The van der Waals surface area contributed by atoms with Crippen LogP contribution in [0.1, 0.15) is 43.7 Å². The molecule has 3 nitrogen and oxygen atoms in total. The normalized spacial score (nSPS) is 16.0. The van der Waals surface area contributed by atoms with Crippen molar-refractivity contribution >= 4 is 5.91 Å². The summed E-state index contributed by atoms with van der Waals surface area (Å²) in [7, 11) is 0. The second-order valence-electron chi connectivity index (χ2n) is 7.54. The molecule has 1 N–H and O–H groups in total. The Bertz CT molecular complexity index is 680. The van der Waals surface area contributed by atoms with Gasteiger partial charge >= 0.3 is 0 Å². The average Bonchev–Trinajstić information content (AvgIpc) is 2.74. The first-order valence-electron chi connectivity index (χ1n) is 10.4. The molecule has 1 aliphatic rings. The van der Waals surface area contributed by atoms with Gasteiger partial charge < -0.3 is 10.2 Å². The number of piperidine rings is 1. The Morgan fingerprint density at radius 1 is 1.00 bits per heavy atom. The monoisotopic (exact) mass is 364 g/mol. The minimum atomic E-state index is 0.274. The van der Waals surface area contributed by atoms with Crippen LogP contribution in [-0.4, -0.2) is 29.9 Å². The van der Waals surface area contributed by atoms with Crippen molar-refractivity contribution in [2.45, 2.75) is 51.6 Å². The summed E-state index contributed by atoms with van der Waals surface area (Å²) in [6, 6.07) is 21.4. The van der Waals surface area contributed by atoms with E-state index in [2.05, 4.69) is 64.8 Å². The zero-order valence-corrected chi connectivity index (χ0v) is 16.4. The van der Waals surface area contributed by atoms with Gasteiger partial charge in [0.05, 0.1) is 0 Å². The Kier molecular flexibility index (Phi) is 7.46. The van der Waals surface area contributed by atoms with Gasteiger partial charge in [0.2, 0.25) is 5.91 Å². The van der Waals surface area contributed by atoms with Gasteiger partial charge in [-0.3, -0.25) is 4.79 Å². The first-order valence-corrected chi connectivity index (χ1v) is 10.4. The maximum Gasteiger partial charge on any atom is 0.222 e. The van der Waals surface area contributed by atoms with Crippen LogP contribution in [0.2, 0.25) is 0 Å². The van der Waals surface area contributed by atoms with Crippen molar-refractivity contribution in [1.29, 1.82) is 0 Å². The van der Waals surface area contributed by atoms with Crippen LogP contribution in [0, 0.1) is 5.92 Å². The van der Waals surface area contributed by atoms with Gasteiger partial charge in [-0.1, -0.05) is 67.6 Å². The third-order valence-electron chi connectivity index (χ3n) is 5.72. The highest BCUT2D eigenvalue weighted by Crippen LogP contribution is 2.27. The van der Waals surface area contributed by atoms with Crippen molar-refractivity contribution in [3.63, 3.8) is 0 Å². The summed E-state index contributed by atoms with van der Waals surface area (Å²) in [6.07, 6.45) is 4.94. The average molecular weight is 365 g/mol. The standard InChI is InChI=1S/C24H32N2O/c1-2-24(27)26(19-21-11-7-4-8-12-21)23(22-15-17-25-18-16-22)14-13-20-9-5-3-6-10-20/h3-12,22-23,25H,2,13-19H2,1H3. The summed E-state index contributed by atoms with van der Waals surface area (Å²) >= 11 is 0. The molecule has 27 heavy (non-hydrogen) atoms. The van der Waals surface area contributed by atoms with Crippen LogP contribution in [0.15, 0.2) is 60.7 Å². The zero-order valence-electron chi connectivity index (χ0n) is 16.4. The van der Waals surface area contributed by atoms with Gasteiger partial charge in [0, 0.05) is 19.0 Å². The van der Waals surface area contributed by atoms with Gasteiger partial charge in [-0.2, -0.15) is 0 Å². The number of amides is 1. The molecular weight excluding hydrogens is 332 g/mol. The smallest absolute Gasteiger partial charge is 0.222 e. The highest BCUT2D eigenvalue weighted by molar-refractivity contribution is 5.76. The number of benzene rings is 2. The molecule has 3 heteroatoms. The number of hydrogen-bond acceptors (Lipinski definition) is 2. The van der Waals surface area contributed by atoms with Gasteiger partial charge in [-0.05, 0) is 55.8 Å². The van der Waals surface area contributed by atoms with Crippen LogP contribution in [-0.2, 0) is 17.8 Å². The molecule has 0 spiro atoms. The Labute approximate surface area is 163 Å². The van der Waals surface area contributed by atoms with Gasteiger partial charge in [0.1, 0.15) is 0 Å². The highest BCUT2D eigenvalue weighted by atomic mass is 16.2. The third-order valence-corrected chi connectivity index (χ3v) is 5.72. The Morgan fingerprint density at radius 3 is 2.19 bits per heavy atom. The molecule has 144 valence electrons. The topological polar surface area (TPSA) is 32.3 Å². The maximum atomic E-state index is 12.9. The molecule has 1 amide bonds. The van der Waals surface area contributed by atoms with Gasteiger partial charge in [-0.25, -0.2) is 0 Å². The quantitative estimate of drug-likeness (QED) is 0.752. The molecule has 1 fully saturated rings.